The largest absolute Gasteiger partial charge is 0.357 e. The van der Waals surface area contributed by atoms with Gasteiger partial charge >= 0.3 is 0 Å². The Morgan fingerprint density at radius 1 is 1.20 bits per heavy atom. The summed E-state index contributed by atoms with van der Waals surface area (Å²) < 4.78 is 27.6. The van der Waals surface area contributed by atoms with E-state index in [2.05, 4.69) is 21.5 Å². The summed E-state index contributed by atoms with van der Waals surface area (Å²) in [7, 11) is -3.66. The lowest BCUT2D eigenvalue weighted by Gasteiger charge is -2.31. The fourth-order valence-corrected chi connectivity index (χ4v) is 4.12. The molecule has 134 valence electrons. The Labute approximate surface area is 154 Å². The molecule has 5 nitrogen and oxygen atoms in total. The topological polar surface area (TPSA) is 62.3 Å². The minimum atomic E-state index is -3.66. The number of nitrogens with one attached hydrogen (secondary N) is 1. The molecular formula is C18H22ClN3O2S. The molecule has 2 heterocycles. The van der Waals surface area contributed by atoms with Crippen LogP contribution in [0.5, 0.6) is 0 Å². The van der Waals surface area contributed by atoms with Crippen molar-refractivity contribution in [2.45, 2.75) is 31.6 Å². The van der Waals surface area contributed by atoms with Crippen molar-refractivity contribution in [2.75, 3.05) is 22.7 Å². The lowest BCUT2D eigenvalue weighted by molar-refractivity contribution is 0.436. The number of pyridine rings is 1. The molecule has 25 heavy (non-hydrogen) atoms. The number of hydrogen-bond acceptors (Lipinski definition) is 4. The summed E-state index contributed by atoms with van der Waals surface area (Å²) in [6, 6.07) is 8.25. The Balaban J connectivity index is 1.73. The van der Waals surface area contributed by atoms with Crippen LogP contribution < -0.4 is 9.62 Å². The second kappa shape index (κ2) is 7.22. The predicted octanol–water partition coefficient (Wildman–Crippen LogP) is 4.08. The molecule has 0 radical (unpaired) electrons. The standard InChI is InChI=1S/C18H22ClN3O2S/c1-13-7-9-22(10-8-13)18-6-3-15(12-20-18)21-25(23,24)16-4-5-17(19)14(2)11-16/h3-6,11-13,21H,7-10H2,1-2H3. The van der Waals surface area contributed by atoms with Crippen LogP contribution in [0.3, 0.4) is 0 Å². The van der Waals surface area contributed by atoms with E-state index in [-0.39, 0.29) is 4.90 Å². The van der Waals surface area contributed by atoms with Crippen LogP contribution >= 0.6 is 11.6 Å². The molecule has 1 aromatic heterocycles. The summed E-state index contributed by atoms with van der Waals surface area (Å²) in [4.78, 5) is 6.84. The summed E-state index contributed by atoms with van der Waals surface area (Å²) in [6.45, 7) is 6.02. The van der Waals surface area contributed by atoms with Crippen molar-refractivity contribution < 1.29 is 8.42 Å². The fourth-order valence-electron chi connectivity index (χ4n) is 2.87. The van der Waals surface area contributed by atoms with Gasteiger partial charge in [-0.25, -0.2) is 13.4 Å². The zero-order chi connectivity index (χ0) is 18.0. The molecule has 0 unspecified atom stereocenters. The van der Waals surface area contributed by atoms with Crippen molar-refractivity contribution >= 4 is 33.1 Å². The van der Waals surface area contributed by atoms with Gasteiger partial charge in [-0.15, -0.1) is 0 Å². The van der Waals surface area contributed by atoms with Gasteiger partial charge < -0.3 is 4.90 Å². The van der Waals surface area contributed by atoms with Gasteiger partial charge in [0.05, 0.1) is 16.8 Å². The van der Waals surface area contributed by atoms with Crippen LogP contribution in [0.2, 0.25) is 5.02 Å². The monoisotopic (exact) mass is 379 g/mol. The Hall–Kier alpha value is -1.79. The molecule has 1 aliphatic rings. The number of benzene rings is 1. The zero-order valence-corrected chi connectivity index (χ0v) is 15.9. The van der Waals surface area contributed by atoms with E-state index in [1.807, 2.05) is 6.07 Å². The van der Waals surface area contributed by atoms with Crippen LogP contribution in [0.15, 0.2) is 41.4 Å². The number of rotatable bonds is 4. The molecule has 0 amide bonds. The van der Waals surface area contributed by atoms with Crippen LogP contribution in [0.1, 0.15) is 25.3 Å². The summed E-state index contributed by atoms with van der Waals surface area (Å²) in [6.07, 6.45) is 3.88. The molecule has 1 fully saturated rings. The van der Waals surface area contributed by atoms with Gasteiger partial charge in [-0.2, -0.15) is 0 Å². The normalized spacial score (nSPS) is 16.0. The average Bonchev–Trinajstić information content (AvgIpc) is 2.58. The maximum atomic E-state index is 12.5. The quantitative estimate of drug-likeness (QED) is 0.869. The SMILES string of the molecule is Cc1cc(S(=O)(=O)Nc2ccc(N3CCC(C)CC3)nc2)ccc1Cl. The minimum absolute atomic E-state index is 0.184. The predicted molar refractivity (Wildman–Crippen MR) is 102 cm³/mol. The maximum absolute atomic E-state index is 12.5. The Kier molecular flexibility index (Phi) is 5.20. The maximum Gasteiger partial charge on any atom is 0.261 e. The van der Waals surface area contributed by atoms with Crippen molar-refractivity contribution in [1.29, 1.82) is 0 Å². The first kappa shape index (κ1) is 18.0. The second-order valence-electron chi connectivity index (χ2n) is 6.59. The number of aromatic nitrogens is 1. The molecule has 7 heteroatoms. The number of aryl methyl sites for hydroxylation is 1. The highest BCUT2D eigenvalue weighted by molar-refractivity contribution is 7.92. The third-order valence-corrected chi connectivity index (χ3v) is 6.35. The molecule has 0 aliphatic carbocycles. The van der Waals surface area contributed by atoms with E-state index in [9.17, 15) is 8.42 Å². The van der Waals surface area contributed by atoms with Crippen LogP contribution in [-0.2, 0) is 10.0 Å². The average molecular weight is 380 g/mol. The Morgan fingerprint density at radius 2 is 1.92 bits per heavy atom. The second-order valence-corrected chi connectivity index (χ2v) is 8.68. The van der Waals surface area contributed by atoms with E-state index in [0.29, 0.717) is 10.7 Å². The summed E-state index contributed by atoms with van der Waals surface area (Å²) in [5, 5.41) is 0.542. The minimum Gasteiger partial charge on any atom is -0.357 e. The summed E-state index contributed by atoms with van der Waals surface area (Å²) >= 11 is 5.96. The van der Waals surface area contributed by atoms with Gasteiger partial charge in [0, 0.05) is 18.1 Å². The van der Waals surface area contributed by atoms with Gasteiger partial charge in [0.25, 0.3) is 10.0 Å². The number of piperidine rings is 1. The molecule has 2 aromatic rings. The van der Waals surface area contributed by atoms with Crippen LogP contribution in [0, 0.1) is 12.8 Å². The number of anilines is 2. The first-order valence-corrected chi connectivity index (χ1v) is 10.2. The molecule has 3 rings (SSSR count). The molecule has 0 atom stereocenters. The molecule has 1 N–H and O–H groups in total. The van der Waals surface area contributed by atoms with Gasteiger partial charge in [0.1, 0.15) is 5.82 Å². The van der Waals surface area contributed by atoms with Crippen LogP contribution in [-0.4, -0.2) is 26.5 Å². The van der Waals surface area contributed by atoms with E-state index < -0.39 is 10.0 Å². The fraction of sp³-hybridized carbons (Fsp3) is 0.389. The molecule has 0 spiro atoms. The molecule has 1 aliphatic heterocycles. The summed E-state index contributed by atoms with van der Waals surface area (Å²) in [5.74, 6) is 1.64. The number of sulfonamides is 1. The molecule has 1 saturated heterocycles. The van der Waals surface area contributed by atoms with Gasteiger partial charge in [-0.1, -0.05) is 18.5 Å². The van der Waals surface area contributed by atoms with Gasteiger partial charge in [-0.05, 0) is 61.6 Å². The van der Waals surface area contributed by atoms with Gasteiger partial charge in [0.2, 0.25) is 0 Å². The smallest absolute Gasteiger partial charge is 0.261 e. The third-order valence-electron chi connectivity index (χ3n) is 4.55. The van der Waals surface area contributed by atoms with E-state index in [4.69, 9.17) is 11.6 Å². The van der Waals surface area contributed by atoms with Crippen molar-refractivity contribution in [3.05, 3.63) is 47.1 Å². The van der Waals surface area contributed by atoms with Crippen molar-refractivity contribution in [2.24, 2.45) is 5.92 Å². The van der Waals surface area contributed by atoms with Gasteiger partial charge in [-0.3, -0.25) is 4.72 Å². The van der Waals surface area contributed by atoms with Gasteiger partial charge in [0.15, 0.2) is 0 Å². The van der Waals surface area contributed by atoms with E-state index in [0.717, 1.165) is 43.2 Å². The summed E-state index contributed by atoms with van der Waals surface area (Å²) in [5.41, 5.74) is 1.17. The van der Waals surface area contributed by atoms with E-state index >= 15 is 0 Å². The number of halogens is 1. The Bertz CT molecular complexity index is 845. The van der Waals surface area contributed by atoms with Crippen molar-refractivity contribution in [3.8, 4) is 0 Å². The van der Waals surface area contributed by atoms with Crippen LogP contribution in [0.25, 0.3) is 0 Å². The highest BCUT2D eigenvalue weighted by Crippen LogP contribution is 2.24. The highest BCUT2D eigenvalue weighted by atomic mass is 35.5. The zero-order valence-electron chi connectivity index (χ0n) is 14.4. The lowest BCUT2D eigenvalue weighted by atomic mass is 9.99. The first-order valence-electron chi connectivity index (χ1n) is 8.35. The van der Waals surface area contributed by atoms with Crippen LogP contribution in [0.4, 0.5) is 11.5 Å². The lowest BCUT2D eigenvalue weighted by Crippen LogP contribution is -2.33. The Morgan fingerprint density at radius 3 is 2.52 bits per heavy atom. The number of nitrogens with zero attached hydrogens (tertiary/aromatic N) is 2. The molecule has 1 aromatic carbocycles. The van der Waals surface area contributed by atoms with E-state index in [1.54, 1.807) is 31.3 Å². The molecule has 0 bridgehead atoms. The molecular weight excluding hydrogens is 358 g/mol. The number of hydrogen-bond donors (Lipinski definition) is 1. The van der Waals surface area contributed by atoms with E-state index in [1.165, 1.54) is 6.07 Å². The first-order chi connectivity index (χ1) is 11.8. The van der Waals surface area contributed by atoms with Crippen molar-refractivity contribution in [1.82, 2.24) is 4.98 Å². The highest BCUT2D eigenvalue weighted by Gasteiger charge is 2.18. The van der Waals surface area contributed by atoms with Crippen molar-refractivity contribution in [3.63, 3.8) is 0 Å². The molecule has 0 saturated carbocycles. The third kappa shape index (κ3) is 4.25.